The molecule has 10 unspecified atom stereocenters. The van der Waals surface area contributed by atoms with E-state index in [0.29, 0.717) is 0 Å². The lowest BCUT2D eigenvalue weighted by atomic mass is 9.85. The second-order valence-electron chi connectivity index (χ2n) is 6.46. The Hall–Kier alpha value is 0.900. The van der Waals surface area contributed by atoms with E-state index in [-0.39, 0.29) is 0 Å². The molecule has 34 heavy (non-hydrogen) atoms. The van der Waals surface area contributed by atoms with E-state index in [2.05, 4.69) is 35.8 Å². The molecule has 0 aromatic heterocycles. The van der Waals surface area contributed by atoms with Crippen molar-refractivity contribution in [1.82, 2.24) is 0 Å². The van der Waals surface area contributed by atoms with Gasteiger partial charge in [-0.05, 0) is 0 Å². The molecule has 200 valence electrons. The van der Waals surface area contributed by atoms with Gasteiger partial charge < -0.3 is 29.4 Å². The summed E-state index contributed by atoms with van der Waals surface area (Å²) in [7, 11) is -34.1. The van der Waals surface area contributed by atoms with E-state index in [0.717, 1.165) is 0 Å². The molecule has 9 N–H and O–H groups in total. The van der Waals surface area contributed by atoms with E-state index in [1.54, 1.807) is 0 Å². The fraction of sp³-hybridized carbons (Fsp3) is 1.00. The van der Waals surface area contributed by atoms with Gasteiger partial charge in [0.25, 0.3) is 0 Å². The van der Waals surface area contributed by atoms with Crippen LogP contribution in [0.15, 0.2) is 0 Å². The van der Waals surface area contributed by atoms with Crippen molar-refractivity contribution in [3.63, 3.8) is 0 Å². The van der Waals surface area contributed by atoms with Crippen LogP contribution in [0.4, 0.5) is 0 Å². The van der Waals surface area contributed by atoms with Crippen LogP contribution in [0, 0.1) is 0 Å². The number of rotatable bonds is 4. The molecule has 0 amide bonds. The zero-order valence-corrected chi connectivity index (χ0v) is 20.8. The molecule has 2 heterocycles. The summed E-state index contributed by atoms with van der Waals surface area (Å²) in [5.74, 6) is 0. The first kappa shape index (κ1) is 29.5. The van der Waals surface area contributed by atoms with Crippen LogP contribution in [-0.2, 0) is 58.6 Å². The third-order valence-corrected chi connectivity index (χ3v) is 10.3. The van der Waals surface area contributed by atoms with E-state index in [1.807, 2.05) is 0 Å². The Bertz CT molecular complexity index is 1040. The molecule has 3 rings (SSSR count). The molecule has 0 aromatic rings. The molecule has 2 saturated heterocycles. The van der Waals surface area contributed by atoms with Crippen LogP contribution in [0.1, 0.15) is 0 Å². The monoisotopic (exact) mass is 625 g/mol. The summed E-state index contributed by atoms with van der Waals surface area (Å²) in [6, 6.07) is 0. The fourth-order valence-corrected chi connectivity index (χ4v) is 9.13. The van der Waals surface area contributed by atoms with Crippen LogP contribution in [0.5, 0.6) is 0 Å². The number of phosphoric ester groups is 5. The summed E-state index contributed by atoms with van der Waals surface area (Å²) in [5.41, 5.74) is 0. The van der Waals surface area contributed by atoms with E-state index in [9.17, 15) is 66.9 Å². The maximum atomic E-state index is 12.1. The molecule has 0 bridgehead atoms. The molecular weight excluding hydrogens is 610 g/mol. The van der Waals surface area contributed by atoms with Crippen LogP contribution >= 0.6 is 47.3 Å². The Kier molecular flexibility index (Phi) is 8.03. The van der Waals surface area contributed by atoms with Gasteiger partial charge in [-0.2, -0.15) is 23.3 Å². The van der Waals surface area contributed by atoms with E-state index in [4.69, 9.17) is 0 Å². The minimum absolute atomic E-state index is 2.54. The van der Waals surface area contributed by atoms with Crippen LogP contribution in [0.2, 0.25) is 0 Å². The van der Waals surface area contributed by atoms with Crippen LogP contribution in [-0.4, -0.2) is 80.7 Å². The van der Waals surface area contributed by atoms with Crippen molar-refractivity contribution < 1.29 is 103 Å². The Morgan fingerprint density at radius 1 is 0.647 bits per heavy atom. The normalized spacial score (nSPS) is 50.5. The molecule has 2 aliphatic heterocycles. The maximum absolute atomic E-state index is 12.1. The molecule has 1 saturated carbocycles. The van der Waals surface area contributed by atoms with E-state index < -0.39 is 83.9 Å². The number of hydrogen-bond acceptors (Lipinski definition) is 16. The quantitative estimate of drug-likeness (QED) is 0.161. The summed E-state index contributed by atoms with van der Waals surface area (Å²) in [5, 5.41) is 0. The van der Waals surface area contributed by atoms with Crippen molar-refractivity contribution in [2.24, 2.45) is 0 Å². The average molecular weight is 625 g/mol. The highest BCUT2D eigenvalue weighted by Gasteiger charge is 2.68. The number of phosphoric acid groups is 5. The third kappa shape index (κ3) is 7.48. The topological polar surface area (TPSA) is 341 Å². The van der Waals surface area contributed by atoms with Crippen LogP contribution < -0.4 is 0 Å². The highest BCUT2D eigenvalue weighted by Crippen LogP contribution is 2.70. The Morgan fingerprint density at radius 2 is 0.971 bits per heavy atom. The van der Waals surface area contributed by atoms with Crippen molar-refractivity contribution in [2.75, 3.05) is 0 Å². The van der Waals surface area contributed by atoms with Crippen molar-refractivity contribution in [2.45, 2.75) is 36.6 Å². The van der Waals surface area contributed by atoms with Crippen molar-refractivity contribution >= 4 is 47.3 Å². The standard InChI is InChI=1S/C6H14O22P6/c7-29(8,9)21-1-2(22-30(10,11)12)4-6(26-34(19,20)28-32(15,16)24-4)5-3(1)23-31(13,14)27-33(17,18)25-5/h1-9H,(H5-,10,11,12,13,14,15,16,17,18,19,20)/p+1. The largest absolute Gasteiger partial charge is 0.567 e. The van der Waals surface area contributed by atoms with Gasteiger partial charge in [-0.15, -0.1) is 4.52 Å². The molecule has 10 atom stereocenters. The Morgan fingerprint density at radius 3 is 1.29 bits per heavy atom. The van der Waals surface area contributed by atoms with Gasteiger partial charge in [0.1, 0.15) is 30.5 Å². The minimum Gasteiger partial charge on any atom is -0.303 e. The van der Waals surface area contributed by atoms with Crippen molar-refractivity contribution in [1.29, 1.82) is 0 Å². The minimum atomic E-state index is -5.76. The third-order valence-electron chi connectivity index (χ3n) is 3.90. The predicted molar refractivity (Wildman–Crippen MR) is 96.3 cm³/mol. The second-order valence-corrected chi connectivity index (χ2v) is 14.8. The lowest BCUT2D eigenvalue weighted by Gasteiger charge is -2.45. The zero-order valence-electron chi connectivity index (χ0n) is 15.5. The lowest BCUT2D eigenvalue weighted by molar-refractivity contribution is -0.192. The number of hydrogen-bond donors (Lipinski definition) is 9. The summed E-state index contributed by atoms with van der Waals surface area (Å²) < 4.78 is 94.4. The molecule has 0 spiro atoms. The summed E-state index contributed by atoms with van der Waals surface area (Å²) >= 11 is 0. The van der Waals surface area contributed by atoms with Crippen LogP contribution in [0.3, 0.4) is 0 Å². The van der Waals surface area contributed by atoms with Gasteiger partial charge in [0.15, 0.2) is 6.10 Å². The summed E-state index contributed by atoms with van der Waals surface area (Å²) in [4.78, 5) is 85.2. The van der Waals surface area contributed by atoms with Crippen molar-refractivity contribution in [3.05, 3.63) is 0 Å². The first-order valence-corrected chi connectivity index (χ1v) is 17.0. The van der Waals surface area contributed by atoms with Gasteiger partial charge in [0, 0.05) is 0 Å². The average Bonchev–Trinajstić information content (AvgIpc) is 2.68. The van der Waals surface area contributed by atoms with Gasteiger partial charge in [-0.1, -0.05) is 0 Å². The number of fused-ring (bicyclic) bond motifs is 3. The van der Waals surface area contributed by atoms with Gasteiger partial charge in [-0.25, -0.2) is 22.8 Å². The van der Waals surface area contributed by atoms with Gasteiger partial charge in [0.2, 0.25) is 0 Å². The molecule has 22 nitrogen and oxygen atoms in total. The van der Waals surface area contributed by atoms with Crippen LogP contribution in [0.25, 0.3) is 0 Å². The zero-order chi connectivity index (χ0) is 26.1. The SMILES string of the molecule is O=P(O)(O)OC1C2OP(=O)(O)OP(=O)(O)OC2C2OP(=O)(O)OP(=O)(O)OC2C1O[P+](O)(O)O. The molecule has 0 aromatic carbocycles. The fourth-order valence-electron chi connectivity index (χ4n) is 3.12. The molecule has 28 heteroatoms. The van der Waals surface area contributed by atoms with E-state index >= 15 is 0 Å². The lowest BCUT2D eigenvalue weighted by Crippen LogP contribution is -2.65. The highest BCUT2D eigenvalue weighted by molar-refractivity contribution is 7.62. The summed E-state index contributed by atoms with van der Waals surface area (Å²) in [6.45, 7) is 0. The molecule has 3 fully saturated rings. The molecule has 0 radical (unpaired) electrons. The highest BCUT2D eigenvalue weighted by atomic mass is 31.3. The van der Waals surface area contributed by atoms with Gasteiger partial charge in [-0.3, -0.25) is 22.6 Å². The van der Waals surface area contributed by atoms with Crippen molar-refractivity contribution in [3.8, 4) is 0 Å². The molecule has 1 aliphatic carbocycles. The predicted octanol–water partition coefficient (Wildman–Crippen LogP) is -1.48. The van der Waals surface area contributed by atoms with Gasteiger partial charge >= 0.3 is 47.3 Å². The maximum Gasteiger partial charge on any atom is 0.567 e. The Balaban J connectivity index is 2.25. The molecular formula is C6H15O22P6+. The Labute approximate surface area is 187 Å². The second kappa shape index (κ2) is 9.27. The van der Waals surface area contributed by atoms with Gasteiger partial charge in [0.05, 0.1) is 0 Å². The first-order chi connectivity index (χ1) is 15.0. The smallest absolute Gasteiger partial charge is 0.303 e. The first-order valence-electron chi connectivity index (χ1n) is 7.95. The van der Waals surface area contributed by atoms with E-state index in [1.165, 1.54) is 0 Å². The molecule has 3 aliphatic rings. The summed E-state index contributed by atoms with van der Waals surface area (Å²) in [6.07, 6.45) is -15.7.